The van der Waals surface area contributed by atoms with E-state index in [9.17, 15) is 4.79 Å². The van der Waals surface area contributed by atoms with Crippen LogP contribution < -0.4 is 0 Å². The molecule has 0 aromatic heterocycles. The van der Waals surface area contributed by atoms with Gasteiger partial charge >= 0.3 is 0 Å². The molecule has 0 aliphatic carbocycles. The fourth-order valence-electron chi connectivity index (χ4n) is 3.45. The van der Waals surface area contributed by atoms with Crippen molar-refractivity contribution < 1.29 is 4.79 Å². The van der Waals surface area contributed by atoms with E-state index in [0.29, 0.717) is 5.78 Å². The summed E-state index contributed by atoms with van der Waals surface area (Å²) in [6.45, 7) is 24.1. The highest BCUT2D eigenvalue weighted by Crippen LogP contribution is 2.28. The van der Waals surface area contributed by atoms with Gasteiger partial charge in [0.15, 0.2) is 0 Å². The van der Waals surface area contributed by atoms with Crippen LogP contribution in [0.3, 0.4) is 0 Å². The van der Waals surface area contributed by atoms with Gasteiger partial charge in [-0.3, -0.25) is 14.6 Å². The number of carbonyl (C=O) groups is 1. The lowest BCUT2D eigenvalue weighted by Gasteiger charge is -2.40. The maximum Gasteiger partial charge on any atom is 0.141 e. The molecule has 3 nitrogen and oxygen atoms in total. The normalized spacial score (nSPS) is 21.6. The number of Topliss-reactive ketones (excluding diaryl/α,β-unsaturated/α-hetero) is 1. The van der Waals surface area contributed by atoms with E-state index in [-0.39, 0.29) is 22.4 Å². The molecule has 3 heteroatoms. The zero-order valence-electron chi connectivity index (χ0n) is 17.1. The van der Waals surface area contributed by atoms with Crippen LogP contribution in [0.2, 0.25) is 0 Å². The summed E-state index contributed by atoms with van der Waals surface area (Å²) < 4.78 is 0. The summed E-state index contributed by atoms with van der Waals surface area (Å²) in [5.74, 6) is 0.616. The Morgan fingerprint density at radius 3 is 1.30 bits per heavy atom. The maximum atomic E-state index is 12.9. The lowest BCUT2D eigenvalue weighted by Crippen LogP contribution is -2.49. The Hall–Kier alpha value is -0.410. The van der Waals surface area contributed by atoms with Gasteiger partial charge in [-0.25, -0.2) is 0 Å². The number of hydrogen-bond donors (Lipinski definition) is 0. The molecule has 0 aromatic rings. The van der Waals surface area contributed by atoms with Crippen molar-refractivity contribution in [3.05, 3.63) is 0 Å². The molecular formula is C20H40N2O. The first-order chi connectivity index (χ1) is 10.2. The van der Waals surface area contributed by atoms with E-state index < -0.39 is 0 Å². The zero-order valence-corrected chi connectivity index (χ0v) is 17.1. The Morgan fingerprint density at radius 1 is 0.696 bits per heavy atom. The third-order valence-electron chi connectivity index (χ3n) is 5.14. The lowest BCUT2D eigenvalue weighted by molar-refractivity contribution is -0.131. The molecular weight excluding hydrogens is 284 g/mol. The Bertz CT molecular complexity index is 369. The zero-order chi connectivity index (χ0) is 18.1. The molecule has 1 aliphatic heterocycles. The van der Waals surface area contributed by atoms with Gasteiger partial charge in [-0.2, -0.15) is 0 Å². The molecule has 0 atom stereocenters. The maximum absolute atomic E-state index is 12.9. The topological polar surface area (TPSA) is 23.6 Å². The van der Waals surface area contributed by atoms with E-state index in [2.05, 4.69) is 72.1 Å². The summed E-state index contributed by atoms with van der Waals surface area (Å²) in [5, 5.41) is 0. The summed E-state index contributed by atoms with van der Waals surface area (Å²) in [6, 6.07) is 0. The summed E-state index contributed by atoms with van der Waals surface area (Å²) >= 11 is 0. The van der Waals surface area contributed by atoms with Crippen LogP contribution in [0.25, 0.3) is 0 Å². The first-order valence-electron chi connectivity index (χ1n) is 9.27. The van der Waals surface area contributed by atoms with Crippen molar-refractivity contribution in [2.45, 2.75) is 86.2 Å². The first kappa shape index (κ1) is 20.6. The predicted octanol–water partition coefficient (Wildman–Crippen LogP) is 4.21. The number of ketones is 1. The smallest absolute Gasteiger partial charge is 0.141 e. The summed E-state index contributed by atoms with van der Waals surface area (Å²) in [7, 11) is 0. The van der Waals surface area contributed by atoms with Crippen LogP contribution in [-0.2, 0) is 4.79 Å². The van der Waals surface area contributed by atoms with E-state index in [1.54, 1.807) is 0 Å². The number of nitrogens with zero attached hydrogens (tertiary/aromatic N) is 2. The van der Waals surface area contributed by atoms with Gasteiger partial charge in [-0.05, 0) is 67.5 Å². The average molecular weight is 325 g/mol. The van der Waals surface area contributed by atoms with Crippen LogP contribution in [0.1, 0.15) is 75.2 Å². The van der Waals surface area contributed by atoms with Crippen molar-refractivity contribution in [2.75, 3.05) is 26.2 Å². The second-order valence-corrected chi connectivity index (χ2v) is 10.2. The number of rotatable bonds is 1. The van der Waals surface area contributed by atoms with Crippen LogP contribution in [-0.4, -0.2) is 52.8 Å². The summed E-state index contributed by atoms with van der Waals surface area (Å²) in [6.07, 6.45) is 1.98. The molecule has 0 radical (unpaired) electrons. The van der Waals surface area contributed by atoms with E-state index in [1.165, 1.54) is 0 Å². The van der Waals surface area contributed by atoms with Crippen molar-refractivity contribution in [2.24, 2.45) is 11.3 Å². The molecule has 0 aromatic carbocycles. The largest absolute Gasteiger partial charge is 0.299 e. The van der Waals surface area contributed by atoms with Crippen molar-refractivity contribution in [1.29, 1.82) is 0 Å². The summed E-state index contributed by atoms with van der Waals surface area (Å²) in [5.41, 5.74) is 0.0737. The second-order valence-electron chi connectivity index (χ2n) is 10.2. The van der Waals surface area contributed by atoms with Gasteiger partial charge < -0.3 is 0 Å². The minimum Gasteiger partial charge on any atom is -0.299 e. The van der Waals surface area contributed by atoms with E-state index >= 15 is 0 Å². The van der Waals surface area contributed by atoms with Crippen LogP contribution in [0, 0.1) is 11.3 Å². The number of carbonyl (C=O) groups excluding carboxylic acids is 1. The molecule has 1 aliphatic rings. The average Bonchev–Trinajstić information content (AvgIpc) is 2.44. The molecule has 136 valence electrons. The van der Waals surface area contributed by atoms with Gasteiger partial charge in [0.05, 0.1) is 0 Å². The third-order valence-corrected chi connectivity index (χ3v) is 5.14. The molecule has 1 heterocycles. The van der Waals surface area contributed by atoms with Crippen molar-refractivity contribution in [3.8, 4) is 0 Å². The van der Waals surface area contributed by atoms with Gasteiger partial charge in [-0.1, -0.05) is 20.8 Å². The highest BCUT2D eigenvalue weighted by Gasteiger charge is 2.34. The minimum atomic E-state index is -0.238. The van der Waals surface area contributed by atoms with Crippen molar-refractivity contribution >= 4 is 5.78 Å². The van der Waals surface area contributed by atoms with Gasteiger partial charge in [0.1, 0.15) is 5.78 Å². The SMILES string of the molecule is CC(C)(C)C(=O)C1CCN(C(C)(C)C)CCN(C(C)(C)C)CC1. The highest BCUT2D eigenvalue weighted by molar-refractivity contribution is 5.85. The molecule has 1 rings (SSSR count). The van der Waals surface area contributed by atoms with Crippen molar-refractivity contribution in [1.82, 2.24) is 9.80 Å². The van der Waals surface area contributed by atoms with Gasteiger partial charge in [0.25, 0.3) is 0 Å². The first-order valence-corrected chi connectivity index (χ1v) is 9.27. The highest BCUT2D eigenvalue weighted by atomic mass is 16.1. The fraction of sp³-hybridized carbons (Fsp3) is 0.950. The lowest BCUT2D eigenvalue weighted by atomic mass is 9.80. The van der Waals surface area contributed by atoms with Gasteiger partial charge in [0, 0.05) is 35.5 Å². The van der Waals surface area contributed by atoms with Crippen LogP contribution in [0.4, 0.5) is 0 Å². The standard InChI is InChI=1S/C20H40N2O/c1-18(2,3)17(23)16-10-12-21(19(4,5)6)14-15-22(13-11-16)20(7,8)9/h16H,10-15H2,1-9H3. The quantitative estimate of drug-likeness (QED) is 0.722. The Morgan fingerprint density at radius 2 is 1.04 bits per heavy atom. The molecule has 1 fully saturated rings. The number of hydrogen-bond acceptors (Lipinski definition) is 3. The predicted molar refractivity (Wildman–Crippen MR) is 99.8 cm³/mol. The van der Waals surface area contributed by atoms with Gasteiger partial charge in [0.2, 0.25) is 0 Å². The molecule has 0 N–H and O–H groups in total. The molecule has 0 spiro atoms. The molecule has 0 saturated carbocycles. The molecule has 0 bridgehead atoms. The Balaban J connectivity index is 2.99. The molecule has 1 saturated heterocycles. The van der Waals surface area contributed by atoms with Crippen LogP contribution in [0.15, 0.2) is 0 Å². The Kier molecular flexibility index (Phi) is 6.48. The monoisotopic (exact) mass is 324 g/mol. The third kappa shape index (κ3) is 6.19. The van der Waals surface area contributed by atoms with E-state index in [1.807, 2.05) is 0 Å². The fourth-order valence-corrected chi connectivity index (χ4v) is 3.45. The Labute approximate surface area is 144 Å². The van der Waals surface area contributed by atoms with E-state index in [4.69, 9.17) is 0 Å². The molecule has 0 amide bonds. The van der Waals surface area contributed by atoms with Crippen molar-refractivity contribution in [3.63, 3.8) is 0 Å². The van der Waals surface area contributed by atoms with E-state index in [0.717, 1.165) is 39.0 Å². The van der Waals surface area contributed by atoms with Gasteiger partial charge in [-0.15, -0.1) is 0 Å². The second kappa shape index (κ2) is 7.23. The summed E-state index contributed by atoms with van der Waals surface area (Å²) in [4.78, 5) is 18.0. The van der Waals surface area contributed by atoms with Crippen LogP contribution in [0.5, 0.6) is 0 Å². The molecule has 23 heavy (non-hydrogen) atoms. The minimum absolute atomic E-state index is 0.156. The van der Waals surface area contributed by atoms with Crippen LogP contribution >= 0.6 is 0 Å². The molecule has 0 unspecified atom stereocenters.